The van der Waals surface area contributed by atoms with Crippen LogP contribution in [0.4, 0.5) is 0 Å². The molecule has 82 valence electrons. The van der Waals surface area contributed by atoms with E-state index in [2.05, 4.69) is 15.6 Å². The highest BCUT2D eigenvalue weighted by Gasteiger charge is 2.19. The molecule has 0 bridgehead atoms. The molecule has 4 nitrogen and oxygen atoms in total. The van der Waals surface area contributed by atoms with Gasteiger partial charge in [0, 0.05) is 30.4 Å². The van der Waals surface area contributed by atoms with Crippen molar-refractivity contribution in [2.75, 3.05) is 6.54 Å². The van der Waals surface area contributed by atoms with E-state index in [0.717, 1.165) is 25.2 Å². The van der Waals surface area contributed by atoms with Crippen molar-refractivity contribution in [2.24, 2.45) is 0 Å². The first kappa shape index (κ1) is 10.6. The summed E-state index contributed by atoms with van der Waals surface area (Å²) in [6.45, 7) is 3.72. The molecule has 1 aromatic rings. The normalized spacial score (nSPS) is 20.6. The number of aryl methyl sites for hydroxylation is 1. The van der Waals surface area contributed by atoms with Gasteiger partial charge in [-0.15, -0.1) is 11.3 Å². The Labute approximate surface area is 93.1 Å². The number of hydrogen-bond acceptors (Lipinski definition) is 4. The Morgan fingerprint density at radius 2 is 2.60 bits per heavy atom. The number of aromatic nitrogens is 1. The quantitative estimate of drug-likeness (QED) is 0.797. The fraction of sp³-hybridized carbons (Fsp3) is 0.600. The average Bonchev–Trinajstić information content (AvgIpc) is 2.77. The smallest absolute Gasteiger partial charge is 0.220 e. The summed E-state index contributed by atoms with van der Waals surface area (Å²) in [5.41, 5.74) is 2.96. The van der Waals surface area contributed by atoms with Crippen LogP contribution in [0.3, 0.4) is 0 Å². The number of rotatable bonds is 4. The van der Waals surface area contributed by atoms with Gasteiger partial charge < -0.3 is 10.6 Å². The molecule has 0 radical (unpaired) electrons. The maximum atomic E-state index is 11.0. The predicted octanol–water partition coefficient (Wildman–Crippen LogP) is 0.820. The van der Waals surface area contributed by atoms with Crippen LogP contribution in [0, 0.1) is 6.92 Å². The van der Waals surface area contributed by atoms with E-state index >= 15 is 0 Å². The second-order valence-corrected chi connectivity index (χ2v) is 4.73. The van der Waals surface area contributed by atoms with Crippen LogP contribution in [0.25, 0.3) is 0 Å². The summed E-state index contributed by atoms with van der Waals surface area (Å²) in [5.74, 6) is 0.177. The van der Waals surface area contributed by atoms with Crippen LogP contribution in [0.5, 0.6) is 0 Å². The van der Waals surface area contributed by atoms with Crippen LogP contribution in [0.15, 0.2) is 5.51 Å². The average molecular weight is 225 g/mol. The van der Waals surface area contributed by atoms with E-state index in [1.54, 1.807) is 11.3 Å². The minimum atomic E-state index is 0.177. The molecule has 0 saturated carbocycles. The molecule has 0 aromatic carbocycles. The molecule has 0 aliphatic carbocycles. The monoisotopic (exact) mass is 225 g/mol. The van der Waals surface area contributed by atoms with Gasteiger partial charge in [0.2, 0.25) is 5.91 Å². The van der Waals surface area contributed by atoms with Crippen LogP contribution in [0.1, 0.15) is 23.4 Å². The Bertz CT molecular complexity index is 350. The molecular weight excluding hydrogens is 210 g/mol. The minimum absolute atomic E-state index is 0.177. The predicted molar refractivity (Wildman–Crippen MR) is 59.7 cm³/mol. The third-order valence-corrected chi connectivity index (χ3v) is 3.54. The molecular formula is C10H15N3OS. The van der Waals surface area contributed by atoms with Gasteiger partial charge in [-0.05, 0) is 13.3 Å². The Balaban J connectivity index is 1.71. The first-order valence-electron chi connectivity index (χ1n) is 5.15. The number of carbonyl (C=O) groups excluding carboxylic acids is 1. The molecule has 1 fully saturated rings. The van der Waals surface area contributed by atoms with E-state index in [1.807, 2.05) is 12.4 Å². The van der Waals surface area contributed by atoms with Gasteiger partial charge in [0.1, 0.15) is 0 Å². The lowest BCUT2D eigenvalue weighted by Crippen LogP contribution is -2.35. The summed E-state index contributed by atoms with van der Waals surface area (Å²) in [4.78, 5) is 16.4. The van der Waals surface area contributed by atoms with Gasteiger partial charge in [0.05, 0.1) is 11.2 Å². The van der Waals surface area contributed by atoms with Gasteiger partial charge in [-0.3, -0.25) is 4.79 Å². The summed E-state index contributed by atoms with van der Waals surface area (Å²) in [7, 11) is 0. The lowest BCUT2D eigenvalue weighted by Gasteiger charge is -2.10. The van der Waals surface area contributed by atoms with Crippen molar-refractivity contribution in [1.82, 2.24) is 15.6 Å². The minimum Gasteiger partial charge on any atom is -0.352 e. The second-order valence-electron chi connectivity index (χ2n) is 3.79. The molecule has 2 N–H and O–H groups in total. The van der Waals surface area contributed by atoms with Crippen molar-refractivity contribution < 1.29 is 4.79 Å². The molecule has 2 rings (SSSR count). The van der Waals surface area contributed by atoms with E-state index in [4.69, 9.17) is 0 Å². The van der Waals surface area contributed by atoms with Crippen LogP contribution >= 0.6 is 11.3 Å². The molecule has 1 aliphatic heterocycles. The maximum Gasteiger partial charge on any atom is 0.220 e. The molecule has 1 aromatic heterocycles. The Morgan fingerprint density at radius 3 is 3.20 bits per heavy atom. The fourth-order valence-corrected chi connectivity index (χ4v) is 2.43. The first-order chi connectivity index (χ1) is 7.25. The van der Waals surface area contributed by atoms with E-state index in [-0.39, 0.29) is 5.91 Å². The lowest BCUT2D eigenvalue weighted by molar-refractivity contribution is -0.119. The SMILES string of the molecule is Cc1ncsc1CNCC1CCC(=O)N1. The topological polar surface area (TPSA) is 54.0 Å². The highest BCUT2D eigenvalue weighted by Crippen LogP contribution is 2.11. The number of amides is 1. The van der Waals surface area contributed by atoms with Gasteiger partial charge in [0.15, 0.2) is 0 Å². The summed E-state index contributed by atoms with van der Waals surface area (Å²) in [5, 5.41) is 6.28. The molecule has 1 atom stereocenters. The number of carbonyl (C=O) groups is 1. The summed E-state index contributed by atoms with van der Waals surface area (Å²) < 4.78 is 0. The first-order valence-corrected chi connectivity index (χ1v) is 6.02. The van der Waals surface area contributed by atoms with E-state index in [0.29, 0.717) is 12.5 Å². The van der Waals surface area contributed by atoms with Gasteiger partial charge in [0.25, 0.3) is 0 Å². The van der Waals surface area contributed by atoms with Crippen LogP contribution in [0.2, 0.25) is 0 Å². The highest BCUT2D eigenvalue weighted by atomic mass is 32.1. The Hall–Kier alpha value is -0.940. The zero-order valence-corrected chi connectivity index (χ0v) is 9.56. The van der Waals surface area contributed by atoms with E-state index in [9.17, 15) is 4.79 Å². The highest BCUT2D eigenvalue weighted by molar-refractivity contribution is 7.09. The molecule has 1 aliphatic rings. The lowest BCUT2D eigenvalue weighted by atomic mass is 10.2. The molecule has 0 spiro atoms. The van der Waals surface area contributed by atoms with Gasteiger partial charge in [-0.1, -0.05) is 0 Å². The fourth-order valence-electron chi connectivity index (χ4n) is 1.69. The van der Waals surface area contributed by atoms with Crippen molar-refractivity contribution in [3.63, 3.8) is 0 Å². The van der Waals surface area contributed by atoms with Crippen molar-refractivity contribution in [3.05, 3.63) is 16.1 Å². The molecule has 15 heavy (non-hydrogen) atoms. The van der Waals surface area contributed by atoms with Gasteiger partial charge >= 0.3 is 0 Å². The van der Waals surface area contributed by atoms with Crippen molar-refractivity contribution in [2.45, 2.75) is 32.4 Å². The van der Waals surface area contributed by atoms with Crippen molar-refractivity contribution >= 4 is 17.2 Å². The van der Waals surface area contributed by atoms with Gasteiger partial charge in [-0.2, -0.15) is 0 Å². The number of thiazole rings is 1. The molecule has 1 amide bonds. The summed E-state index contributed by atoms with van der Waals surface area (Å²) in [6.07, 6.45) is 1.62. The standard InChI is InChI=1S/C10H15N3OS/c1-7-9(15-6-12-7)5-11-4-8-2-3-10(14)13-8/h6,8,11H,2-5H2,1H3,(H,13,14). The summed E-state index contributed by atoms with van der Waals surface area (Å²) >= 11 is 1.67. The largest absolute Gasteiger partial charge is 0.352 e. The van der Waals surface area contributed by atoms with Crippen LogP contribution < -0.4 is 10.6 Å². The molecule has 1 unspecified atom stereocenters. The Kier molecular flexibility index (Phi) is 3.33. The van der Waals surface area contributed by atoms with Gasteiger partial charge in [-0.25, -0.2) is 4.98 Å². The second kappa shape index (κ2) is 4.72. The zero-order valence-electron chi connectivity index (χ0n) is 8.75. The summed E-state index contributed by atoms with van der Waals surface area (Å²) in [6, 6.07) is 0.311. The van der Waals surface area contributed by atoms with Crippen molar-refractivity contribution in [1.29, 1.82) is 0 Å². The number of hydrogen-bond donors (Lipinski definition) is 2. The van der Waals surface area contributed by atoms with Crippen LogP contribution in [-0.4, -0.2) is 23.5 Å². The molecule has 5 heteroatoms. The van der Waals surface area contributed by atoms with E-state index < -0.39 is 0 Å². The molecule has 1 saturated heterocycles. The number of nitrogens with one attached hydrogen (secondary N) is 2. The zero-order chi connectivity index (χ0) is 10.7. The Morgan fingerprint density at radius 1 is 1.73 bits per heavy atom. The number of nitrogens with zero attached hydrogens (tertiary/aromatic N) is 1. The molecule has 2 heterocycles. The van der Waals surface area contributed by atoms with Crippen molar-refractivity contribution in [3.8, 4) is 0 Å². The van der Waals surface area contributed by atoms with Crippen LogP contribution in [-0.2, 0) is 11.3 Å². The third kappa shape index (κ3) is 2.76. The third-order valence-electron chi connectivity index (χ3n) is 2.61. The van der Waals surface area contributed by atoms with E-state index in [1.165, 1.54) is 4.88 Å². The maximum absolute atomic E-state index is 11.0.